The molecule has 0 spiro atoms. The Morgan fingerprint density at radius 2 is 1.76 bits per heavy atom. The molecule has 37 heavy (non-hydrogen) atoms. The number of halogens is 2. The average Bonchev–Trinajstić information content (AvgIpc) is 3.25. The Kier molecular flexibility index (Phi) is 7.07. The molecular weight excluding hydrogens is 478 g/mol. The molecule has 0 aliphatic carbocycles. The number of nitrogens with zero attached hydrogens (tertiary/aromatic N) is 7. The van der Waals surface area contributed by atoms with Crippen LogP contribution in [0.3, 0.4) is 0 Å². The van der Waals surface area contributed by atoms with E-state index in [9.17, 15) is 13.9 Å². The normalized spacial score (nSPS) is 19.1. The van der Waals surface area contributed by atoms with Crippen LogP contribution in [0.1, 0.15) is 25.1 Å². The van der Waals surface area contributed by atoms with Crippen LogP contribution < -0.4 is 15.5 Å². The molecule has 1 aromatic carbocycles. The monoisotopic (exact) mass is 510 g/mol. The lowest BCUT2D eigenvalue weighted by Crippen LogP contribution is -2.51. The fraction of sp³-hybridized carbons (Fsp3) is 0.423. The summed E-state index contributed by atoms with van der Waals surface area (Å²) in [7, 11) is 0. The zero-order valence-corrected chi connectivity index (χ0v) is 21.1. The fourth-order valence-corrected chi connectivity index (χ4v) is 4.97. The van der Waals surface area contributed by atoms with Gasteiger partial charge in [-0.15, -0.1) is 0 Å². The van der Waals surface area contributed by atoms with Gasteiger partial charge in [0.1, 0.15) is 17.5 Å². The lowest BCUT2D eigenvalue weighted by molar-refractivity contribution is 0.141. The van der Waals surface area contributed by atoms with E-state index in [1.807, 2.05) is 22.1 Å². The second-order valence-electron chi connectivity index (χ2n) is 9.63. The van der Waals surface area contributed by atoms with E-state index >= 15 is 0 Å². The van der Waals surface area contributed by atoms with Gasteiger partial charge in [-0.2, -0.15) is 15.1 Å². The molecule has 2 saturated heterocycles. The van der Waals surface area contributed by atoms with Gasteiger partial charge < -0.3 is 20.6 Å². The molecule has 1 atom stereocenters. The van der Waals surface area contributed by atoms with Crippen molar-refractivity contribution in [3.05, 3.63) is 59.4 Å². The Balaban J connectivity index is 1.25. The maximum atomic E-state index is 13.6. The van der Waals surface area contributed by atoms with E-state index in [2.05, 4.69) is 46.0 Å². The van der Waals surface area contributed by atoms with Crippen LogP contribution in [0.25, 0.3) is 11.9 Å². The van der Waals surface area contributed by atoms with Gasteiger partial charge in [0.2, 0.25) is 5.95 Å². The van der Waals surface area contributed by atoms with E-state index in [0.717, 1.165) is 36.8 Å². The van der Waals surface area contributed by atoms with Crippen LogP contribution in [-0.2, 0) is 6.42 Å². The van der Waals surface area contributed by atoms with E-state index in [1.54, 1.807) is 4.68 Å². The number of hydrogen-bond donors (Lipinski definition) is 2. The van der Waals surface area contributed by atoms with Crippen LogP contribution in [0.2, 0.25) is 0 Å². The highest BCUT2D eigenvalue weighted by atomic mass is 19.1. The van der Waals surface area contributed by atoms with Crippen molar-refractivity contribution in [3.63, 3.8) is 0 Å². The van der Waals surface area contributed by atoms with Crippen molar-refractivity contribution in [1.82, 2.24) is 24.6 Å². The number of aliphatic hydroxyl groups is 1. The minimum Gasteiger partial charge on any atom is -0.389 e. The third-order valence-corrected chi connectivity index (χ3v) is 6.97. The number of hydrogen-bond acceptors (Lipinski definition) is 8. The van der Waals surface area contributed by atoms with Crippen LogP contribution in [0, 0.1) is 11.6 Å². The first-order chi connectivity index (χ1) is 17.8. The van der Waals surface area contributed by atoms with Crippen molar-refractivity contribution in [2.24, 2.45) is 0 Å². The lowest BCUT2D eigenvalue weighted by Gasteiger charge is -2.40. The van der Waals surface area contributed by atoms with E-state index in [0.29, 0.717) is 43.5 Å². The molecule has 3 aromatic rings. The Labute approximate surface area is 214 Å². The smallest absolute Gasteiger partial charge is 0.224 e. The summed E-state index contributed by atoms with van der Waals surface area (Å²) in [6, 6.07) is 5.73. The minimum absolute atomic E-state index is 0.164. The molecule has 0 amide bonds. The van der Waals surface area contributed by atoms with Gasteiger partial charge >= 0.3 is 0 Å². The number of benzene rings is 1. The molecule has 0 bridgehead atoms. The zero-order chi connectivity index (χ0) is 26.1. The van der Waals surface area contributed by atoms with E-state index < -0.39 is 11.6 Å². The first kappa shape index (κ1) is 25.1. The largest absolute Gasteiger partial charge is 0.389 e. The molecule has 9 nitrogen and oxygen atoms in total. The van der Waals surface area contributed by atoms with Crippen molar-refractivity contribution >= 4 is 23.5 Å². The van der Waals surface area contributed by atoms with Gasteiger partial charge in [0.15, 0.2) is 5.82 Å². The molecule has 11 heteroatoms. The molecule has 2 aliphatic rings. The SMILES string of the molecule is CCc1c(/C=C/CN2CCN(c3cc(F)cc(F)c3)C[C@H]2C)cnn1-c1cc(N2CC(O)C2)nc(N)n1. The lowest BCUT2D eigenvalue weighted by atomic mass is 10.1. The second kappa shape index (κ2) is 10.4. The highest BCUT2D eigenvalue weighted by molar-refractivity contribution is 5.55. The second-order valence-corrected chi connectivity index (χ2v) is 9.63. The summed E-state index contributed by atoms with van der Waals surface area (Å²) < 4.78 is 29.1. The van der Waals surface area contributed by atoms with E-state index in [4.69, 9.17) is 5.73 Å². The van der Waals surface area contributed by atoms with Crippen LogP contribution >= 0.6 is 0 Å². The number of nitrogen functional groups attached to an aromatic ring is 1. The Morgan fingerprint density at radius 1 is 1.03 bits per heavy atom. The topological polar surface area (TPSA) is 99.6 Å². The van der Waals surface area contributed by atoms with Gasteiger partial charge in [-0.25, -0.2) is 13.5 Å². The van der Waals surface area contributed by atoms with Crippen molar-refractivity contribution in [2.45, 2.75) is 32.4 Å². The van der Waals surface area contributed by atoms with Gasteiger partial charge in [0, 0.05) is 68.7 Å². The summed E-state index contributed by atoms with van der Waals surface area (Å²) in [5.74, 6) is 0.328. The molecule has 3 N–H and O–H groups in total. The summed E-state index contributed by atoms with van der Waals surface area (Å²) in [6.07, 6.45) is 6.42. The summed E-state index contributed by atoms with van der Waals surface area (Å²) >= 11 is 0. The first-order valence-electron chi connectivity index (χ1n) is 12.6. The van der Waals surface area contributed by atoms with Crippen molar-refractivity contribution < 1.29 is 13.9 Å². The molecule has 0 unspecified atom stereocenters. The van der Waals surface area contributed by atoms with E-state index in [-0.39, 0.29) is 18.1 Å². The van der Waals surface area contributed by atoms with Gasteiger partial charge in [-0.1, -0.05) is 19.1 Å². The average molecular weight is 511 g/mol. The zero-order valence-electron chi connectivity index (χ0n) is 21.1. The van der Waals surface area contributed by atoms with Gasteiger partial charge in [-0.3, -0.25) is 4.90 Å². The summed E-state index contributed by atoms with van der Waals surface area (Å²) in [4.78, 5) is 15.0. The third kappa shape index (κ3) is 5.42. The number of nitrogens with two attached hydrogens (primary N) is 1. The van der Waals surface area contributed by atoms with Gasteiger partial charge in [0.05, 0.1) is 18.0 Å². The summed E-state index contributed by atoms with van der Waals surface area (Å²) in [5.41, 5.74) is 8.56. The van der Waals surface area contributed by atoms with E-state index in [1.165, 1.54) is 12.1 Å². The Bertz CT molecular complexity index is 1270. The number of aliphatic hydroxyl groups excluding tert-OH is 1. The van der Waals surface area contributed by atoms with Crippen molar-refractivity contribution in [2.75, 3.05) is 54.8 Å². The molecule has 2 aliphatic heterocycles. The first-order valence-corrected chi connectivity index (χ1v) is 12.6. The quantitative estimate of drug-likeness (QED) is 0.500. The van der Waals surface area contributed by atoms with Crippen LogP contribution in [-0.4, -0.2) is 81.2 Å². The summed E-state index contributed by atoms with van der Waals surface area (Å²) in [6.45, 7) is 8.18. The number of piperazine rings is 1. The third-order valence-electron chi connectivity index (χ3n) is 6.97. The molecule has 0 radical (unpaired) electrons. The number of anilines is 3. The van der Waals surface area contributed by atoms with Crippen LogP contribution in [0.4, 0.5) is 26.2 Å². The highest BCUT2D eigenvalue weighted by Gasteiger charge is 2.27. The van der Waals surface area contributed by atoms with Crippen molar-refractivity contribution in [3.8, 4) is 5.82 Å². The van der Waals surface area contributed by atoms with Crippen LogP contribution in [0.15, 0.2) is 36.5 Å². The standard InChI is InChI=1S/C26H32F2N8O/c1-3-23-18(13-30-36(23)25-12-24(31-26(29)32-25)35-15-22(37)16-35)5-4-6-33-7-8-34(14-17(33)2)21-10-19(27)9-20(28)11-21/h4-5,9-13,17,22,37H,3,6-8,14-16H2,1-2H3,(H2,29,31,32)/b5-4+/t17-/m1/s1. The Hall–Kier alpha value is -3.57. The maximum Gasteiger partial charge on any atom is 0.224 e. The molecule has 5 rings (SSSR count). The number of β-amino-alcohol motifs (C(OH)–C–C–N with tert-alkyl or cyclic N) is 1. The highest BCUT2D eigenvalue weighted by Crippen LogP contribution is 2.24. The predicted octanol–water partition coefficient (Wildman–Crippen LogP) is 2.49. The number of rotatable bonds is 7. The fourth-order valence-electron chi connectivity index (χ4n) is 4.97. The minimum atomic E-state index is -0.555. The van der Waals surface area contributed by atoms with Gasteiger partial charge in [0.25, 0.3) is 0 Å². The molecule has 2 aromatic heterocycles. The molecule has 0 saturated carbocycles. The van der Waals surface area contributed by atoms with Gasteiger partial charge in [-0.05, 0) is 25.5 Å². The molecular formula is C26H32F2N8O. The molecule has 2 fully saturated rings. The van der Waals surface area contributed by atoms with Crippen molar-refractivity contribution in [1.29, 1.82) is 0 Å². The molecule has 4 heterocycles. The maximum absolute atomic E-state index is 13.6. The summed E-state index contributed by atoms with van der Waals surface area (Å²) in [5, 5.41) is 14.2. The van der Waals surface area contributed by atoms with Crippen LogP contribution in [0.5, 0.6) is 0 Å². The Morgan fingerprint density at radius 3 is 2.43 bits per heavy atom. The number of aromatic nitrogens is 4. The predicted molar refractivity (Wildman–Crippen MR) is 140 cm³/mol. The molecule has 196 valence electrons.